The standard InChI is InChI=1S/C27H21Cl3N4O2/c28-16-3-1-2-15(10-16)21-13-24(35)33-25(19-11-17(29)5-7-23(19)34-9-8-31-14-34)27(21)20-6-4-18(30)12-22(20)32-26(27)36/h1-9,11-12,14-15,21,25H,10,13H2,(H,32,36)(H,33,35)/t15?,21-,25-,27-/m0/s1. The molecule has 6 rings (SSSR count). The number of rotatable bonds is 3. The van der Waals surface area contributed by atoms with Gasteiger partial charge in [0, 0.05) is 45.1 Å². The Balaban J connectivity index is 1.63. The number of amides is 2. The number of anilines is 1. The lowest BCUT2D eigenvalue weighted by Crippen LogP contribution is -2.59. The van der Waals surface area contributed by atoms with E-state index < -0.39 is 11.5 Å². The molecular formula is C27H21Cl3N4O2. The Morgan fingerprint density at radius 2 is 1.83 bits per heavy atom. The van der Waals surface area contributed by atoms with Crippen molar-refractivity contribution in [2.24, 2.45) is 11.8 Å². The number of nitrogens with one attached hydrogen (secondary N) is 2. The van der Waals surface area contributed by atoms with E-state index >= 15 is 0 Å². The zero-order chi connectivity index (χ0) is 25.0. The zero-order valence-corrected chi connectivity index (χ0v) is 21.2. The van der Waals surface area contributed by atoms with Gasteiger partial charge in [0.2, 0.25) is 11.8 Å². The average molecular weight is 540 g/mol. The van der Waals surface area contributed by atoms with Gasteiger partial charge in [0.1, 0.15) is 5.41 Å². The van der Waals surface area contributed by atoms with Gasteiger partial charge in [-0.3, -0.25) is 9.59 Å². The number of piperidine rings is 1. The second kappa shape index (κ2) is 8.80. The highest BCUT2D eigenvalue weighted by atomic mass is 35.5. The topological polar surface area (TPSA) is 76.0 Å². The molecule has 1 fully saturated rings. The van der Waals surface area contributed by atoms with Gasteiger partial charge in [-0.15, -0.1) is 0 Å². The average Bonchev–Trinajstić information content (AvgIpc) is 3.47. The highest BCUT2D eigenvalue weighted by molar-refractivity contribution is 6.31. The summed E-state index contributed by atoms with van der Waals surface area (Å²) in [5.74, 6) is -0.821. The fraction of sp³-hybridized carbons (Fsp3) is 0.222. The number of fused-ring (bicyclic) bond motifs is 2. The summed E-state index contributed by atoms with van der Waals surface area (Å²) in [6.07, 6.45) is 11.7. The van der Waals surface area contributed by atoms with Crippen LogP contribution in [0.15, 0.2) is 78.4 Å². The van der Waals surface area contributed by atoms with E-state index in [0.29, 0.717) is 27.2 Å². The Hall–Kier alpha value is -3.06. The molecule has 0 radical (unpaired) electrons. The molecule has 6 nitrogen and oxygen atoms in total. The molecule has 1 saturated heterocycles. The Morgan fingerprint density at radius 1 is 1.03 bits per heavy atom. The molecule has 2 aliphatic heterocycles. The number of hydrogen-bond acceptors (Lipinski definition) is 3. The van der Waals surface area contributed by atoms with E-state index in [1.807, 2.05) is 47.2 Å². The van der Waals surface area contributed by atoms with Gasteiger partial charge in [0.25, 0.3) is 0 Å². The van der Waals surface area contributed by atoms with Crippen LogP contribution in [0.1, 0.15) is 30.0 Å². The Labute approximate surface area is 222 Å². The predicted octanol–water partition coefficient (Wildman–Crippen LogP) is 5.95. The van der Waals surface area contributed by atoms with Crippen molar-refractivity contribution in [3.63, 3.8) is 0 Å². The molecule has 0 bridgehead atoms. The van der Waals surface area contributed by atoms with E-state index in [0.717, 1.165) is 16.8 Å². The minimum absolute atomic E-state index is 0.126. The van der Waals surface area contributed by atoms with E-state index in [1.54, 1.807) is 30.7 Å². The highest BCUT2D eigenvalue weighted by Crippen LogP contribution is 2.58. The van der Waals surface area contributed by atoms with E-state index in [-0.39, 0.29) is 30.1 Å². The number of halogens is 3. The van der Waals surface area contributed by atoms with Crippen molar-refractivity contribution in [1.82, 2.24) is 14.9 Å². The lowest BCUT2D eigenvalue weighted by molar-refractivity contribution is -0.135. The van der Waals surface area contributed by atoms with Crippen LogP contribution in [0.4, 0.5) is 5.69 Å². The van der Waals surface area contributed by atoms with Gasteiger partial charge in [-0.25, -0.2) is 4.98 Å². The third-order valence-electron chi connectivity index (χ3n) is 7.47. The van der Waals surface area contributed by atoms with Crippen molar-refractivity contribution >= 4 is 52.3 Å². The highest BCUT2D eigenvalue weighted by Gasteiger charge is 2.62. The van der Waals surface area contributed by atoms with Crippen LogP contribution in [0.5, 0.6) is 0 Å². The van der Waals surface area contributed by atoms with Gasteiger partial charge in [-0.1, -0.05) is 53.0 Å². The van der Waals surface area contributed by atoms with E-state index in [4.69, 9.17) is 34.8 Å². The fourth-order valence-electron chi connectivity index (χ4n) is 6.04. The molecule has 0 saturated carbocycles. The first-order chi connectivity index (χ1) is 17.4. The summed E-state index contributed by atoms with van der Waals surface area (Å²) < 4.78 is 1.85. The molecule has 3 aromatic rings. The number of benzene rings is 2. The zero-order valence-electron chi connectivity index (χ0n) is 18.9. The number of allylic oxidation sites excluding steroid dienone is 4. The van der Waals surface area contributed by atoms with Crippen molar-refractivity contribution in [2.45, 2.75) is 24.3 Å². The van der Waals surface area contributed by atoms with Crippen molar-refractivity contribution < 1.29 is 9.59 Å². The summed E-state index contributed by atoms with van der Waals surface area (Å²) in [5, 5.41) is 7.94. The molecule has 9 heteroatoms. The van der Waals surface area contributed by atoms with Crippen LogP contribution in [-0.4, -0.2) is 21.4 Å². The summed E-state index contributed by atoms with van der Waals surface area (Å²) in [5.41, 5.74) is 1.80. The van der Waals surface area contributed by atoms with Crippen molar-refractivity contribution in [1.29, 1.82) is 0 Å². The van der Waals surface area contributed by atoms with Crippen LogP contribution in [-0.2, 0) is 15.0 Å². The molecule has 2 N–H and O–H groups in total. The van der Waals surface area contributed by atoms with Crippen LogP contribution in [0.3, 0.4) is 0 Å². The number of nitrogens with zero attached hydrogens (tertiary/aromatic N) is 2. The summed E-state index contributed by atoms with van der Waals surface area (Å²) in [6.45, 7) is 0. The number of imidazole rings is 1. The smallest absolute Gasteiger partial charge is 0.237 e. The predicted molar refractivity (Wildman–Crippen MR) is 141 cm³/mol. The monoisotopic (exact) mass is 538 g/mol. The van der Waals surface area contributed by atoms with Gasteiger partial charge in [-0.05, 0) is 60.2 Å². The van der Waals surface area contributed by atoms with Crippen LogP contribution < -0.4 is 10.6 Å². The Bertz CT molecular complexity index is 1450. The Kier molecular flexibility index (Phi) is 5.71. The summed E-state index contributed by atoms with van der Waals surface area (Å²) >= 11 is 19.3. The van der Waals surface area contributed by atoms with Gasteiger partial charge in [0.15, 0.2) is 0 Å². The molecule has 1 unspecified atom stereocenters. The maximum absolute atomic E-state index is 14.2. The molecule has 36 heavy (non-hydrogen) atoms. The third kappa shape index (κ3) is 3.59. The molecule has 1 aromatic heterocycles. The van der Waals surface area contributed by atoms with Crippen molar-refractivity contribution in [3.8, 4) is 5.69 Å². The molecular weight excluding hydrogens is 519 g/mol. The largest absolute Gasteiger partial charge is 0.348 e. The molecule has 3 aliphatic rings. The lowest BCUT2D eigenvalue weighted by atomic mass is 9.57. The second-order valence-electron chi connectivity index (χ2n) is 9.36. The maximum atomic E-state index is 14.2. The van der Waals surface area contributed by atoms with Crippen LogP contribution in [0.25, 0.3) is 5.69 Å². The number of aromatic nitrogens is 2. The lowest BCUT2D eigenvalue weighted by Gasteiger charge is -2.49. The van der Waals surface area contributed by atoms with Crippen LogP contribution in [0.2, 0.25) is 10.0 Å². The van der Waals surface area contributed by atoms with Gasteiger partial charge < -0.3 is 15.2 Å². The first-order valence-electron chi connectivity index (χ1n) is 11.6. The van der Waals surface area contributed by atoms with Crippen molar-refractivity contribution in [3.05, 3.63) is 99.6 Å². The SMILES string of the molecule is O=C1C[C@@H](C2C=CC=C(Cl)C2)[C@]2(C(=O)Nc3cc(Cl)ccc32)[C@H](c2cc(Cl)ccc2-n2ccnc2)N1. The number of hydrogen-bond donors (Lipinski definition) is 2. The van der Waals surface area contributed by atoms with E-state index in [1.165, 1.54) is 0 Å². The normalized spacial score (nSPS) is 27.0. The third-order valence-corrected chi connectivity index (χ3v) is 8.22. The van der Waals surface area contributed by atoms with Crippen molar-refractivity contribution in [2.75, 3.05) is 5.32 Å². The molecule has 2 aromatic carbocycles. The van der Waals surface area contributed by atoms with Gasteiger partial charge in [-0.2, -0.15) is 0 Å². The summed E-state index contributed by atoms with van der Waals surface area (Å²) in [7, 11) is 0. The first kappa shape index (κ1) is 23.3. The number of carbonyl (C=O) groups excluding carboxylic acids is 2. The molecule has 3 heterocycles. The minimum Gasteiger partial charge on any atom is -0.348 e. The molecule has 182 valence electrons. The number of carbonyl (C=O) groups is 2. The summed E-state index contributed by atoms with van der Waals surface area (Å²) in [6, 6.07) is 10.2. The molecule has 2 amide bonds. The van der Waals surface area contributed by atoms with Gasteiger partial charge in [0.05, 0.1) is 18.1 Å². The first-order valence-corrected chi connectivity index (χ1v) is 12.7. The molecule has 1 spiro atoms. The van der Waals surface area contributed by atoms with Crippen LogP contribution in [0, 0.1) is 11.8 Å². The minimum atomic E-state index is -1.13. The molecule has 1 aliphatic carbocycles. The van der Waals surface area contributed by atoms with E-state index in [2.05, 4.69) is 15.6 Å². The fourth-order valence-corrected chi connectivity index (χ4v) is 6.64. The van der Waals surface area contributed by atoms with Crippen LogP contribution >= 0.6 is 34.8 Å². The van der Waals surface area contributed by atoms with Gasteiger partial charge >= 0.3 is 0 Å². The maximum Gasteiger partial charge on any atom is 0.237 e. The summed E-state index contributed by atoms with van der Waals surface area (Å²) in [4.78, 5) is 31.7. The Morgan fingerprint density at radius 3 is 2.61 bits per heavy atom. The molecule has 4 atom stereocenters. The quantitative estimate of drug-likeness (QED) is 0.432. The second-order valence-corrected chi connectivity index (χ2v) is 10.7. The van der Waals surface area contributed by atoms with E-state index in [9.17, 15) is 9.59 Å².